The van der Waals surface area contributed by atoms with Gasteiger partial charge in [0.15, 0.2) is 0 Å². The van der Waals surface area contributed by atoms with Crippen molar-refractivity contribution in [2.24, 2.45) is 5.92 Å². The monoisotopic (exact) mass is 361 g/mol. The minimum atomic E-state index is -0.980. The van der Waals surface area contributed by atoms with Gasteiger partial charge in [-0.15, -0.1) is 5.92 Å². The normalized spacial score (nSPS) is 23.4. The Balaban J connectivity index is 0. The fourth-order valence-corrected chi connectivity index (χ4v) is 2.67. The van der Waals surface area contributed by atoms with E-state index in [0.717, 1.165) is 17.9 Å². The maximum atomic E-state index is 13.3. The largest absolute Gasteiger partial charge is 0.383 e. The Morgan fingerprint density at radius 1 is 1.22 bits per heavy atom. The fraction of sp³-hybridized carbons (Fsp3) is 0.684. The Labute approximate surface area is 154 Å². The number of aromatic nitrogens is 1. The average molecular weight is 361 g/mol. The van der Waals surface area contributed by atoms with E-state index in [1.165, 1.54) is 6.92 Å². The standard InChI is InChI=1S/C15H21FNO.2C2H6.V/c1-9-5-10(2)18-15(9)11(3)13-6-14(12(4)16)8-17-7-13;2*1-2;/h6-10,12,15H,5H2,1-4H3;2*1-2H3;/q-1;;;/t9-,10+,12?,15+;;;/m1.../s1. The minimum absolute atomic E-state index is 0. The van der Waals surface area contributed by atoms with Crippen LogP contribution in [0, 0.1) is 11.8 Å². The van der Waals surface area contributed by atoms with E-state index in [-0.39, 0.29) is 24.7 Å². The predicted molar refractivity (Wildman–Crippen MR) is 92.6 cm³/mol. The second-order valence-electron chi connectivity index (χ2n) is 5.39. The van der Waals surface area contributed by atoms with Crippen molar-refractivity contribution in [2.45, 2.75) is 80.2 Å². The van der Waals surface area contributed by atoms with Crippen molar-refractivity contribution >= 4 is 0 Å². The van der Waals surface area contributed by atoms with Crippen LogP contribution in [-0.4, -0.2) is 17.2 Å². The van der Waals surface area contributed by atoms with Gasteiger partial charge < -0.3 is 9.72 Å². The number of hydrogen-bond acceptors (Lipinski definition) is 2. The fourth-order valence-electron chi connectivity index (χ4n) is 2.67. The molecule has 0 aliphatic carbocycles. The number of pyridine rings is 1. The van der Waals surface area contributed by atoms with Crippen molar-refractivity contribution in [2.75, 3.05) is 0 Å². The Morgan fingerprint density at radius 3 is 2.22 bits per heavy atom. The smallest absolute Gasteiger partial charge is 0.113 e. The van der Waals surface area contributed by atoms with Gasteiger partial charge in [0.25, 0.3) is 0 Å². The van der Waals surface area contributed by atoms with Crippen molar-refractivity contribution < 1.29 is 27.7 Å². The molecule has 133 valence electrons. The molecule has 2 rings (SSSR count). The summed E-state index contributed by atoms with van der Waals surface area (Å²) in [5, 5.41) is 0. The second kappa shape index (κ2) is 12.9. The summed E-state index contributed by atoms with van der Waals surface area (Å²) in [6, 6.07) is 1.88. The summed E-state index contributed by atoms with van der Waals surface area (Å²) in [7, 11) is 0. The van der Waals surface area contributed by atoms with Gasteiger partial charge in [-0.1, -0.05) is 53.3 Å². The van der Waals surface area contributed by atoms with Gasteiger partial charge in [0, 0.05) is 30.9 Å². The van der Waals surface area contributed by atoms with Gasteiger partial charge >= 0.3 is 0 Å². The first kappa shape index (κ1) is 24.7. The van der Waals surface area contributed by atoms with E-state index >= 15 is 0 Å². The summed E-state index contributed by atoms with van der Waals surface area (Å²) in [6.45, 7) is 15.9. The molecule has 1 radical (unpaired) electrons. The van der Waals surface area contributed by atoms with Crippen LogP contribution in [-0.2, 0) is 23.3 Å². The van der Waals surface area contributed by atoms with Crippen LogP contribution in [0.1, 0.15) is 79.1 Å². The maximum absolute atomic E-state index is 13.3. The molecule has 4 atom stereocenters. The first-order chi connectivity index (χ1) is 10.5. The number of rotatable bonds is 3. The van der Waals surface area contributed by atoms with Crippen LogP contribution in [0.4, 0.5) is 4.39 Å². The Hall–Kier alpha value is -0.506. The molecule has 4 heteroatoms. The van der Waals surface area contributed by atoms with Gasteiger partial charge in [0.05, 0.1) is 6.10 Å². The number of alkyl halides is 1. The van der Waals surface area contributed by atoms with Crippen LogP contribution >= 0.6 is 0 Å². The molecule has 0 amide bonds. The van der Waals surface area contributed by atoms with Gasteiger partial charge in [0.1, 0.15) is 6.17 Å². The molecule has 1 aromatic heterocycles. The molecule has 0 spiro atoms. The summed E-state index contributed by atoms with van der Waals surface area (Å²) in [5.74, 6) is 1.66. The summed E-state index contributed by atoms with van der Waals surface area (Å²) in [4.78, 5) is 4.13. The topological polar surface area (TPSA) is 22.1 Å². The summed E-state index contributed by atoms with van der Waals surface area (Å²) in [6.07, 6.45) is 3.91. The quantitative estimate of drug-likeness (QED) is 0.624. The van der Waals surface area contributed by atoms with E-state index < -0.39 is 6.17 Å². The first-order valence-electron chi connectivity index (χ1n) is 8.57. The van der Waals surface area contributed by atoms with Crippen molar-refractivity contribution in [3.63, 3.8) is 0 Å². The van der Waals surface area contributed by atoms with E-state index in [1.807, 2.05) is 33.8 Å². The van der Waals surface area contributed by atoms with Crippen LogP contribution < -0.4 is 0 Å². The maximum Gasteiger partial charge on any atom is 0.113 e. The molecule has 2 nitrogen and oxygen atoms in total. The molecule has 0 bridgehead atoms. The van der Waals surface area contributed by atoms with Gasteiger partial charge in [-0.3, -0.25) is 0 Å². The third-order valence-electron chi connectivity index (χ3n) is 3.70. The molecule has 0 N–H and O–H groups in total. The van der Waals surface area contributed by atoms with E-state index in [1.54, 1.807) is 12.4 Å². The van der Waals surface area contributed by atoms with Gasteiger partial charge in [-0.05, 0) is 26.2 Å². The third kappa shape index (κ3) is 7.28. The molecule has 23 heavy (non-hydrogen) atoms. The molecular formula is C19H33FNOV-. The predicted octanol–water partition coefficient (Wildman–Crippen LogP) is 5.92. The summed E-state index contributed by atoms with van der Waals surface area (Å²) in [5.41, 5.74) is 1.62. The zero-order valence-electron chi connectivity index (χ0n) is 15.9. The van der Waals surface area contributed by atoms with Crippen LogP contribution in [0.25, 0.3) is 0 Å². The first-order valence-corrected chi connectivity index (χ1v) is 8.57. The molecule has 2 heterocycles. The third-order valence-corrected chi connectivity index (χ3v) is 3.70. The molecule has 1 aliphatic rings. The molecule has 1 saturated heterocycles. The van der Waals surface area contributed by atoms with E-state index in [4.69, 9.17) is 4.74 Å². The molecule has 1 fully saturated rings. The summed E-state index contributed by atoms with van der Waals surface area (Å²) < 4.78 is 19.2. The van der Waals surface area contributed by atoms with Gasteiger partial charge in [0.2, 0.25) is 0 Å². The zero-order chi connectivity index (χ0) is 17.3. The Kier molecular flexibility index (Phi) is 13.8. The van der Waals surface area contributed by atoms with Gasteiger partial charge in [-0.2, -0.15) is 11.6 Å². The Bertz CT molecular complexity index is 414. The molecule has 0 saturated carbocycles. The van der Waals surface area contributed by atoms with Crippen molar-refractivity contribution in [1.29, 1.82) is 0 Å². The van der Waals surface area contributed by atoms with Gasteiger partial charge in [-0.25, -0.2) is 4.39 Å². The average Bonchev–Trinajstić information content (AvgIpc) is 2.89. The van der Waals surface area contributed by atoms with Crippen molar-refractivity contribution in [3.8, 4) is 0 Å². The zero-order valence-corrected chi connectivity index (χ0v) is 17.3. The van der Waals surface area contributed by atoms with Crippen molar-refractivity contribution in [3.05, 3.63) is 35.5 Å². The number of hydrogen-bond donors (Lipinski definition) is 0. The second-order valence-corrected chi connectivity index (χ2v) is 5.39. The van der Waals surface area contributed by atoms with E-state index in [0.29, 0.717) is 17.6 Å². The summed E-state index contributed by atoms with van der Waals surface area (Å²) >= 11 is 0. The number of nitrogens with zero attached hydrogens (tertiary/aromatic N) is 1. The number of halogens is 1. The van der Waals surface area contributed by atoms with Crippen LogP contribution in [0.3, 0.4) is 0 Å². The molecule has 1 aromatic rings. The van der Waals surface area contributed by atoms with Crippen LogP contribution in [0.2, 0.25) is 0 Å². The molecule has 0 aromatic carbocycles. The van der Waals surface area contributed by atoms with Crippen LogP contribution in [0.15, 0.2) is 18.5 Å². The molecular weight excluding hydrogens is 328 g/mol. The molecule has 1 aliphatic heterocycles. The minimum Gasteiger partial charge on any atom is -0.383 e. The number of ether oxygens (including phenoxy) is 1. The Morgan fingerprint density at radius 2 is 1.78 bits per heavy atom. The van der Waals surface area contributed by atoms with E-state index in [9.17, 15) is 4.39 Å². The molecule has 1 unspecified atom stereocenters. The van der Waals surface area contributed by atoms with Crippen LogP contribution in [0.5, 0.6) is 0 Å². The SMILES string of the molecule is CC.CC.C[C-](c1cncc(C(C)F)c1)[C@H]1O[C@@H](C)C[C@H]1C.[V]. The van der Waals surface area contributed by atoms with E-state index in [2.05, 4.69) is 25.8 Å². The van der Waals surface area contributed by atoms with Crippen molar-refractivity contribution in [1.82, 2.24) is 4.98 Å².